The fourth-order valence-corrected chi connectivity index (χ4v) is 3.68. The number of hydrogen-bond acceptors (Lipinski definition) is 3. The predicted molar refractivity (Wildman–Crippen MR) is 85.5 cm³/mol. The summed E-state index contributed by atoms with van der Waals surface area (Å²) >= 11 is 1.63. The highest BCUT2D eigenvalue weighted by molar-refractivity contribution is 7.98. The molecule has 5 heteroatoms. The Labute approximate surface area is 129 Å². The van der Waals surface area contributed by atoms with Crippen molar-refractivity contribution < 1.29 is 9.18 Å². The lowest BCUT2D eigenvalue weighted by atomic mass is 9.95. The summed E-state index contributed by atoms with van der Waals surface area (Å²) < 4.78 is 13.4. The molecule has 21 heavy (non-hydrogen) atoms. The summed E-state index contributed by atoms with van der Waals surface area (Å²) in [5, 5.41) is 2.98. The van der Waals surface area contributed by atoms with E-state index in [0.717, 1.165) is 25.0 Å². The summed E-state index contributed by atoms with van der Waals surface area (Å²) in [6, 6.07) is 6.81. The molecule has 0 aliphatic heterocycles. The van der Waals surface area contributed by atoms with E-state index in [1.54, 1.807) is 23.9 Å². The smallest absolute Gasteiger partial charge is 0.223 e. The highest BCUT2D eigenvalue weighted by Gasteiger charge is 2.31. The zero-order chi connectivity index (χ0) is 15.1. The quantitative estimate of drug-likeness (QED) is 0.761. The molecule has 2 atom stereocenters. The summed E-state index contributed by atoms with van der Waals surface area (Å²) in [7, 11) is 0. The van der Waals surface area contributed by atoms with Gasteiger partial charge in [0, 0.05) is 24.0 Å². The fourth-order valence-electron chi connectivity index (χ4n) is 2.84. The monoisotopic (exact) mass is 310 g/mol. The van der Waals surface area contributed by atoms with Crippen LogP contribution in [-0.2, 0) is 10.5 Å². The summed E-state index contributed by atoms with van der Waals surface area (Å²) in [4.78, 5) is 12.1. The molecule has 116 valence electrons. The summed E-state index contributed by atoms with van der Waals surface area (Å²) in [6.45, 7) is 1.23. The number of halogens is 1. The maximum atomic E-state index is 13.4. The predicted octanol–water partition coefficient (Wildman–Crippen LogP) is 2.55. The summed E-state index contributed by atoms with van der Waals surface area (Å²) in [6.07, 6.45) is 3.12. The largest absolute Gasteiger partial charge is 0.355 e. The minimum Gasteiger partial charge on any atom is -0.355 e. The van der Waals surface area contributed by atoms with Gasteiger partial charge < -0.3 is 11.1 Å². The Morgan fingerprint density at radius 1 is 1.38 bits per heavy atom. The van der Waals surface area contributed by atoms with E-state index < -0.39 is 0 Å². The van der Waals surface area contributed by atoms with Gasteiger partial charge in [0.15, 0.2) is 0 Å². The molecular formula is C16H23FN2OS. The van der Waals surface area contributed by atoms with E-state index in [1.807, 2.05) is 6.07 Å². The van der Waals surface area contributed by atoms with Crippen molar-refractivity contribution in [2.75, 3.05) is 18.8 Å². The van der Waals surface area contributed by atoms with Crippen LogP contribution in [0.3, 0.4) is 0 Å². The van der Waals surface area contributed by atoms with Gasteiger partial charge in [0.05, 0.1) is 0 Å². The van der Waals surface area contributed by atoms with Crippen LogP contribution >= 0.6 is 11.8 Å². The zero-order valence-corrected chi connectivity index (χ0v) is 13.0. The van der Waals surface area contributed by atoms with Crippen molar-refractivity contribution in [2.24, 2.45) is 17.6 Å². The number of thioether (sulfide) groups is 1. The molecule has 0 radical (unpaired) electrons. The molecule has 3 N–H and O–H groups in total. The number of amides is 1. The van der Waals surface area contributed by atoms with Crippen LogP contribution in [0.2, 0.25) is 0 Å². The van der Waals surface area contributed by atoms with E-state index in [0.29, 0.717) is 30.3 Å². The van der Waals surface area contributed by atoms with Crippen molar-refractivity contribution in [2.45, 2.75) is 25.0 Å². The second-order valence-electron chi connectivity index (χ2n) is 5.47. The topological polar surface area (TPSA) is 55.1 Å². The van der Waals surface area contributed by atoms with Gasteiger partial charge in [0.1, 0.15) is 5.82 Å². The number of carbonyl (C=O) groups is 1. The van der Waals surface area contributed by atoms with Gasteiger partial charge >= 0.3 is 0 Å². The van der Waals surface area contributed by atoms with Gasteiger partial charge in [-0.1, -0.05) is 24.6 Å². The van der Waals surface area contributed by atoms with Crippen molar-refractivity contribution in [3.05, 3.63) is 35.6 Å². The molecule has 0 spiro atoms. The SMILES string of the molecule is NC[C@H]1CCC[C@H]1C(=O)NCCSCc1ccccc1F. The average molecular weight is 310 g/mol. The van der Waals surface area contributed by atoms with E-state index in [4.69, 9.17) is 5.73 Å². The molecule has 1 aliphatic carbocycles. The highest BCUT2D eigenvalue weighted by atomic mass is 32.2. The number of benzene rings is 1. The Balaban J connectivity index is 1.64. The number of rotatable bonds is 7. The lowest BCUT2D eigenvalue weighted by molar-refractivity contribution is -0.125. The van der Waals surface area contributed by atoms with Crippen LogP contribution in [-0.4, -0.2) is 24.7 Å². The Morgan fingerprint density at radius 2 is 2.19 bits per heavy atom. The molecule has 1 aliphatic rings. The van der Waals surface area contributed by atoms with Gasteiger partial charge in [-0.25, -0.2) is 4.39 Å². The molecular weight excluding hydrogens is 287 g/mol. The lowest BCUT2D eigenvalue weighted by Gasteiger charge is -2.17. The molecule has 3 nitrogen and oxygen atoms in total. The molecule has 1 aromatic carbocycles. The Hall–Kier alpha value is -1.07. The van der Waals surface area contributed by atoms with Gasteiger partial charge in [-0.05, 0) is 36.9 Å². The van der Waals surface area contributed by atoms with Crippen molar-refractivity contribution in [1.82, 2.24) is 5.32 Å². The Bertz CT molecular complexity index is 469. The van der Waals surface area contributed by atoms with Gasteiger partial charge in [-0.15, -0.1) is 0 Å². The minimum atomic E-state index is -0.161. The van der Waals surface area contributed by atoms with Crippen LogP contribution in [0.4, 0.5) is 4.39 Å². The fraction of sp³-hybridized carbons (Fsp3) is 0.562. The van der Waals surface area contributed by atoms with Crippen LogP contribution in [0, 0.1) is 17.7 Å². The van der Waals surface area contributed by atoms with Crippen LogP contribution in [0.15, 0.2) is 24.3 Å². The maximum Gasteiger partial charge on any atom is 0.223 e. The highest BCUT2D eigenvalue weighted by Crippen LogP contribution is 2.30. The summed E-state index contributed by atoms with van der Waals surface area (Å²) in [5.41, 5.74) is 6.41. The number of nitrogens with one attached hydrogen (secondary N) is 1. The van der Waals surface area contributed by atoms with E-state index in [2.05, 4.69) is 5.32 Å². The molecule has 1 saturated carbocycles. The second kappa shape index (κ2) is 8.39. The van der Waals surface area contributed by atoms with E-state index in [9.17, 15) is 9.18 Å². The van der Waals surface area contributed by atoms with Crippen LogP contribution in [0.5, 0.6) is 0 Å². The average Bonchev–Trinajstić information content (AvgIpc) is 2.97. The second-order valence-corrected chi connectivity index (χ2v) is 6.57. The van der Waals surface area contributed by atoms with Gasteiger partial charge in [0.2, 0.25) is 5.91 Å². The van der Waals surface area contributed by atoms with Crippen molar-refractivity contribution in [1.29, 1.82) is 0 Å². The first-order valence-electron chi connectivity index (χ1n) is 7.51. The van der Waals surface area contributed by atoms with Gasteiger partial charge in [0.25, 0.3) is 0 Å². The number of hydrogen-bond donors (Lipinski definition) is 2. The maximum absolute atomic E-state index is 13.4. The molecule has 1 amide bonds. The normalized spacial score (nSPS) is 21.4. The van der Waals surface area contributed by atoms with Crippen LogP contribution < -0.4 is 11.1 Å². The zero-order valence-electron chi connectivity index (χ0n) is 12.2. The summed E-state index contributed by atoms with van der Waals surface area (Å²) in [5.74, 6) is 1.83. The minimum absolute atomic E-state index is 0.0894. The molecule has 2 rings (SSSR count). The first kappa shape index (κ1) is 16.3. The molecule has 0 bridgehead atoms. The number of nitrogens with two attached hydrogens (primary N) is 1. The van der Waals surface area contributed by atoms with Crippen molar-refractivity contribution >= 4 is 17.7 Å². The Kier molecular flexibility index (Phi) is 6.51. The molecule has 1 aromatic rings. The third kappa shape index (κ3) is 4.71. The molecule has 0 aromatic heterocycles. The first-order valence-corrected chi connectivity index (χ1v) is 8.66. The Morgan fingerprint density at radius 3 is 2.95 bits per heavy atom. The lowest BCUT2D eigenvalue weighted by Crippen LogP contribution is -2.36. The van der Waals surface area contributed by atoms with E-state index in [-0.39, 0.29) is 17.6 Å². The number of carbonyl (C=O) groups excluding carboxylic acids is 1. The van der Waals surface area contributed by atoms with Crippen LogP contribution in [0.25, 0.3) is 0 Å². The first-order chi connectivity index (χ1) is 10.2. The molecule has 0 heterocycles. The third-order valence-electron chi connectivity index (χ3n) is 4.06. The van der Waals surface area contributed by atoms with E-state index >= 15 is 0 Å². The molecule has 0 unspecified atom stereocenters. The van der Waals surface area contributed by atoms with Gasteiger partial charge in [-0.2, -0.15) is 11.8 Å². The molecule has 1 fully saturated rings. The van der Waals surface area contributed by atoms with Crippen LogP contribution in [0.1, 0.15) is 24.8 Å². The van der Waals surface area contributed by atoms with Gasteiger partial charge in [-0.3, -0.25) is 4.79 Å². The van der Waals surface area contributed by atoms with Crippen molar-refractivity contribution in [3.63, 3.8) is 0 Å². The standard InChI is InChI=1S/C16H23FN2OS/c17-15-7-2-1-4-13(15)11-21-9-8-19-16(20)14-6-3-5-12(14)10-18/h1-2,4,7,12,14H,3,5-6,8-11,18H2,(H,19,20)/t12-,14-/m1/s1. The third-order valence-corrected chi connectivity index (χ3v) is 5.07. The van der Waals surface area contributed by atoms with E-state index in [1.165, 1.54) is 6.07 Å². The molecule has 0 saturated heterocycles. The van der Waals surface area contributed by atoms with Crippen molar-refractivity contribution in [3.8, 4) is 0 Å².